The Kier molecular flexibility index (Phi) is 26.3. The van der Waals surface area contributed by atoms with E-state index in [-0.39, 0.29) is 102 Å². The molecule has 12 N–H and O–H groups in total. The third kappa shape index (κ3) is 20.9. The Morgan fingerprint density at radius 2 is 0.838 bits per heavy atom. The first-order chi connectivity index (χ1) is 38.3. The number of nitrogens with one attached hydrogen (secondary N) is 8. The summed E-state index contributed by atoms with van der Waals surface area (Å²) in [4.78, 5) is 143. The minimum Gasteiger partial charge on any atom is -0.354 e. The average molecular weight is 1110 g/mol. The lowest BCUT2D eigenvalue weighted by atomic mass is 9.99. The van der Waals surface area contributed by atoms with Crippen LogP contribution < -0.4 is 54.0 Å². The van der Waals surface area contributed by atoms with Crippen molar-refractivity contribution in [3.8, 4) is 0 Å². The molecule has 5 rings (SSSR count). The lowest BCUT2D eigenvalue weighted by Gasteiger charge is -2.31. The number of carbonyl (C=O) groups excluding carboxylic acids is 10. The molecule has 0 bridgehead atoms. The van der Waals surface area contributed by atoms with E-state index in [1.807, 2.05) is 88.4 Å². The van der Waals surface area contributed by atoms with Crippen molar-refractivity contribution in [1.29, 1.82) is 0 Å². The number of fused-ring (bicyclic) bond motifs is 2. The molecule has 0 radical (unpaired) electrons. The summed E-state index contributed by atoms with van der Waals surface area (Å²) in [6, 6.07) is 10.8. The molecule has 8 atom stereocenters. The molecule has 0 aromatic heterocycles. The van der Waals surface area contributed by atoms with Crippen molar-refractivity contribution in [2.75, 3.05) is 39.3 Å². The molecule has 22 nitrogen and oxygen atoms in total. The van der Waals surface area contributed by atoms with E-state index < -0.39 is 107 Å². The van der Waals surface area contributed by atoms with Gasteiger partial charge >= 0.3 is 0 Å². The summed E-state index contributed by atoms with van der Waals surface area (Å²) >= 11 is 0. The summed E-state index contributed by atoms with van der Waals surface area (Å²) in [6.45, 7) is 8.47. The average Bonchev–Trinajstić information content (AvgIpc) is 4.12. The van der Waals surface area contributed by atoms with Gasteiger partial charge in [-0.3, -0.25) is 47.9 Å². The molecule has 0 spiro atoms. The molecule has 3 saturated heterocycles. The molecule has 2 aromatic carbocycles. The van der Waals surface area contributed by atoms with Gasteiger partial charge in [0.15, 0.2) is 0 Å². The molecule has 3 heterocycles. The second-order valence-corrected chi connectivity index (χ2v) is 22.3. The van der Waals surface area contributed by atoms with Crippen LogP contribution in [-0.2, 0) is 60.8 Å². The van der Waals surface area contributed by atoms with Gasteiger partial charge in [0.1, 0.15) is 36.3 Å². The molecule has 3 fully saturated rings. The zero-order valence-electron chi connectivity index (χ0n) is 47.2. The number of hydrogen-bond acceptors (Lipinski definition) is 12. The molecule has 0 saturated carbocycles. The first-order valence-electron chi connectivity index (χ1n) is 28.8. The van der Waals surface area contributed by atoms with Gasteiger partial charge in [0.25, 0.3) is 0 Å². The Labute approximate surface area is 470 Å². The Hall–Kier alpha value is -6.94. The predicted molar refractivity (Wildman–Crippen MR) is 301 cm³/mol. The zero-order valence-corrected chi connectivity index (χ0v) is 47.2. The molecule has 10 amide bonds. The summed E-state index contributed by atoms with van der Waals surface area (Å²) in [6.07, 6.45) is 3.08. The van der Waals surface area contributed by atoms with E-state index in [0.29, 0.717) is 51.4 Å². The number of benzene rings is 2. The van der Waals surface area contributed by atoms with Gasteiger partial charge in [-0.05, 0) is 100 Å². The topological polar surface area (TPSA) is 325 Å². The van der Waals surface area contributed by atoms with Crippen molar-refractivity contribution in [2.24, 2.45) is 23.3 Å². The second kappa shape index (κ2) is 33.0. The van der Waals surface area contributed by atoms with E-state index >= 15 is 0 Å². The Morgan fingerprint density at radius 1 is 0.475 bits per heavy atom. The van der Waals surface area contributed by atoms with Crippen LogP contribution in [0, 0.1) is 11.8 Å². The standard InChI is InChI=1S/C58H88N12O10/c1-37(2)31-41-35-51(73)65-43(19-11-25-59)53(75)61-27-23-50(72)68-46(34-40-17-9-6-10-18-40)58(80)70-30-14-22-48(70)56(78)64-42(32-38(3)4)36-52(74)66-44(20-12-26-60)54(76)62-28-24-49(71)67-45(33-39-15-7-5-8-16-39)57(79)69-29-13-21-47(69)55(77)63-41/h5-10,15-18,37-38,41-48H,11-14,19-36,59-60H2,1-4H3,(H,61,75)(H,62,76)(H,63,77)(H,64,78)(H,65,73)(H,66,74)(H,67,71)(H,68,72)/t41-,42-,43+,44+,45+,46+,47-,48-/m0/s1. The SMILES string of the molecule is CC(C)C[C@H]1CC(=O)N[C@H](CCCN)C(=O)NCCC(=O)N[C@H](Cc2ccccc2)C(=O)N2CCC[C@H]2C(=O)N[C@@H](CC(C)C)CC(=O)N[C@H](CCCN)C(=O)NCCC(=O)N[C@H](Cc2ccccc2)C(=O)N2CCC[C@H]2C(=O)N1. The lowest BCUT2D eigenvalue weighted by Crippen LogP contribution is -2.56. The molecule has 2 aromatic rings. The van der Waals surface area contributed by atoms with Crippen LogP contribution in [0.4, 0.5) is 0 Å². The molecule has 3 aliphatic heterocycles. The molecular weight excluding hydrogens is 1020 g/mol. The van der Waals surface area contributed by atoms with Gasteiger partial charge in [0.2, 0.25) is 59.1 Å². The van der Waals surface area contributed by atoms with Gasteiger partial charge in [-0.2, -0.15) is 0 Å². The summed E-state index contributed by atoms with van der Waals surface area (Å²) in [5.41, 5.74) is 13.2. The summed E-state index contributed by atoms with van der Waals surface area (Å²) in [7, 11) is 0. The quantitative estimate of drug-likeness (QED) is 0.125. The van der Waals surface area contributed by atoms with Crippen LogP contribution in [0.3, 0.4) is 0 Å². The highest BCUT2D eigenvalue weighted by Crippen LogP contribution is 2.23. The van der Waals surface area contributed by atoms with Gasteiger partial charge < -0.3 is 63.8 Å². The second-order valence-electron chi connectivity index (χ2n) is 22.3. The van der Waals surface area contributed by atoms with Crippen molar-refractivity contribution in [3.05, 3.63) is 71.8 Å². The number of nitrogens with two attached hydrogens (primary N) is 2. The van der Waals surface area contributed by atoms with Crippen molar-refractivity contribution < 1.29 is 47.9 Å². The highest BCUT2D eigenvalue weighted by Gasteiger charge is 2.41. The van der Waals surface area contributed by atoms with Crippen LogP contribution in [-0.4, -0.2) is 156 Å². The van der Waals surface area contributed by atoms with Gasteiger partial charge in [-0.15, -0.1) is 0 Å². The fourth-order valence-corrected chi connectivity index (χ4v) is 10.7. The molecule has 0 unspecified atom stereocenters. The van der Waals surface area contributed by atoms with E-state index in [2.05, 4.69) is 42.5 Å². The van der Waals surface area contributed by atoms with E-state index in [4.69, 9.17) is 11.5 Å². The molecule has 0 aliphatic carbocycles. The fourth-order valence-electron chi connectivity index (χ4n) is 10.7. The minimum atomic E-state index is -1.08. The molecule has 22 heteroatoms. The highest BCUT2D eigenvalue weighted by atomic mass is 16.2. The van der Waals surface area contributed by atoms with Crippen LogP contribution in [0.1, 0.15) is 129 Å². The maximum Gasteiger partial charge on any atom is 0.246 e. The Balaban J connectivity index is 1.42. The largest absolute Gasteiger partial charge is 0.354 e. The number of hydrogen-bond donors (Lipinski definition) is 10. The third-order valence-electron chi connectivity index (χ3n) is 14.6. The maximum absolute atomic E-state index is 14.5. The summed E-state index contributed by atoms with van der Waals surface area (Å²) in [5.74, 6) is -4.97. The molecule has 3 aliphatic rings. The lowest BCUT2D eigenvalue weighted by molar-refractivity contribution is -0.141. The van der Waals surface area contributed by atoms with Gasteiger partial charge in [0.05, 0.1) is 0 Å². The zero-order chi connectivity index (χ0) is 58.1. The number of carbonyl (C=O) groups is 10. The van der Waals surface area contributed by atoms with E-state index in [9.17, 15) is 47.9 Å². The molecule has 80 heavy (non-hydrogen) atoms. The van der Waals surface area contributed by atoms with Crippen LogP contribution in [0.25, 0.3) is 0 Å². The minimum absolute atomic E-state index is 0.0368. The predicted octanol–water partition coefficient (Wildman–Crippen LogP) is 0.739. The van der Waals surface area contributed by atoms with Crippen molar-refractivity contribution in [2.45, 2.75) is 179 Å². The molecule has 440 valence electrons. The van der Waals surface area contributed by atoms with Gasteiger partial charge in [-0.1, -0.05) is 88.4 Å². The van der Waals surface area contributed by atoms with Crippen molar-refractivity contribution in [1.82, 2.24) is 52.3 Å². The summed E-state index contributed by atoms with van der Waals surface area (Å²) in [5, 5.41) is 22.8. The maximum atomic E-state index is 14.5. The number of amides is 10. The van der Waals surface area contributed by atoms with E-state index in [1.165, 1.54) is 9.80 Å². The first-order valence-corrected chi connectivity index (χ1v) is 28.8. The highest BCUT2D eigenvalue weighted by molar-refractivity contribution is 5.95. The monoisotopic (exact) mass is 1110 g/mol. The van der Waals surface area contributed by atoms with Crippen molar-refractivity contribution in [3.63, 3.8) is 0 Å². The van der Waals surface area contributed by atoms with E-state index in [1.54, 1.807) is 0 Å². The van der Waals surface area contributed by atoms with Crippen molar-refractivity contribution >= 4 is 59.1 Å². The Bertz CT molecular complexity index is 2230. The summed E-state index contributed by atoms with van der Waals surface area (Å²) < 4.78 is 0. The van der Waals surface area contributed by atoms with Crippen LogP contribution in [0.15, 0.2) is 60.7 Å². The van der Waals surface area contributed by atoms with Crippen LogP contribution in [0.5, 0.6) is 0 Å². The van der Waals surface area contributed by atoms with Gasteiger partial charge in [0, 0.05) is 76.8 Å². The van der Waals surface area contributed by atoms with Crippen LogP contribution >= 0.6 is 0 Å². The molecular formula is C58H88N12O10. The number of rotatable bonds is 14. The normalized spacial score (nSPS) is 25.5. The van der Waals surface area contributed by atoms with Gasteiger partial charge in [-0.25, -0.2) is 0 Å². The Morgan fingerprint density at radius 3 is 1.19 bits per heavy atom. The first kappa shape index (κ1) is 63.9. The fraction of sp³-hybridized carbons (Fsp3) is 0.621. The van der Waals surface area contributed by atoms with Crippen LogP contribution in [0.2, 0.25) is 0 Å². The smallest absolute Gasteiger partial charge is 0.246 e. The number of nitrogens with zero attached hydrogens (tertiary/aromatic N) is 2. The van der Waals surface area contributed by atoms with E-state index in [0.717, 1.165) is 11.1 Å². The third-order valence-corrected chi connectivity index (χ3v) is 14.6.